The summed E-state index contributed by atoms with van der Waals surface area (Å²) in [5.74, 6) is -1.69. The summed E-state index contributed by atoms with van der Waals surface area (Å²) < 4.78 is 10.5. The number of rotatable bonds is 7. The molecular weight excluding hydrogens is 482 g/mol. The number of amides is 1. The summed E-state index contributed by atoms with van der Waals surface area (Å²) in [5, 5.41) is 11.4. The van der Waals surface area contributed by atoms with Gasteiger partial charge < -0.3 is 14.6 Å². The fraction of sp³-hybridized carbons (Fsp3) is 0.269. The van der Waals surface area contributed by atoms with Crippen LogP contribution >= 0.6 is 11.3 Å². The second kappa shape index (κ2) is 10.3. The second-order valence-electron chi connectivity index (χ2n) is 8.59. The number of hydrogen-bond donors (Lipinski definition) is 1. The molecule has 0 unspecified atom stereocenters. The third-order valence-electron chi connectivity index (χ3n) is 5.52. The Balaban J connectivity index is 1.81. The van der Waals surface area contributed by atoms with Crippen molar-refractivity contribution in [1.82, 2.24) is 9.97 Å². The molecule has 0 spiro atoms. The first kappa shape index (κ1) is 25.1. The maximum absolute atomic E-state index is 13.2. The van der Waals surface area contributed by atoms with E-state index in [0.717, 1.165) is 11.3 Å². The van der Waals surface area contributed by atoms with Gasteiger partial charge >= 0.3 is 11.9 Å². The van der Waals surface area contributed by atoms with Crippen LogP contribution in [0.1, 0.15) is 46.4 Å². The second-order valence-corrected chi connectivity index (χ2v) is 9.56. The van der Waals surface area contributed by atoms with E-state index in [2.05, 4.69) is 9.97 Å². The van der Waals surface area contributed by atoms with Crippen LogP contribution in [0.25, 0.3) is 5.76 Å². The van der Waals surface area contributed by atoms with E-state index < -0.39 is 23.7 Å². The first-order valence-corrected chi connectivity index (χ1v) is 12.0. The summed E-state index contributed by atoms with van der Waals surface area (Å²) >= 11 is 0.939. The van der Waals surface area contributed by atoms with Gasteiger partial charge in [0, 0.05) is 18.0 Å². The van der Waals surface area contributed by atoms with Crippen molar-refractivity contribution >= 4 is 39.9 Å². The number of anilines is 1. The minimum atomic E-state index is -0.994. The molecule has 186 valence electrons. The minimum Gasteiger partial charge on any atom is -0.507 e. The van der Waals surface area contributed by atoms with Crippen LogP contribution in [0.3, 0.4) is 0 Å². The molecule has 0 aliphatic carbocycles. The Morgan fingerprint density at radius 3 is 2.53 bits per heavy atom. The number of ether oxygens (including phenoxy) is 2. The zero-order valence-corrected chi connectivity index (χ0v) is 21.0. The van der Waals surface area contributed by atoms with Gasteiger partial charge in [-0.15, -0.1) is 0 Å². The Labute approximate surface area is 212 Å². The molecule has 1 saturated heterocycles. The van der Waals surface area contributed by atoms with Crippen LogP contribution < -0.4 is 9.64 Å². The Bertz CT molecular complexity index is 1330. The van der Waals surface area contributed by atoms with E-state index in [0.29, 0.717) is 35.1 Å². The Morgan fingerprint density at radius 1 is 1.19 bits per heavy atom. The fourth-order valence-corrected chi connectivity index (χ4v) is 4.79. The predicted octanol–water partition coefficient (Wildman–Crippen LogP) is 4.29. The van der Waals surface area contributed by atoms with Gasteiger partial charge in [0.25, 0.3) is 5.78 Å². The van der Waals surface area contributed by atoms with Gasteiger partial charge in [-0.05, 0) is 48.7 Å². The molecule has 1 aliphatic rings. The summed E-state index contributed by atoms with van der Waals surface area (Å²) in [6.07, 6.45) is 3.08. The Hall–Kier alpha value is -4.05. The van der Waals surface area contributed by atoms with Crippen molar-refractivity contribution in [2.75, 3.05) is 18.6 Å². The number of aliphatic hydroxyl groups excluding tert-OH is 1. The molecular formula is C26H25N3O6S. The summed E-state index contributed by atoms with van der Waals surface area (Å²) in [5.41, 5.74) is 1.12. The number of esters is 1. The topological polar surface area (TPSA) is 119 Å². The highest BCUT2D eigenvalue weighted by atomic mass is 32.1. The summed E-state index contributed by atoms with van der Waals surface area (Å²) in [4.78, 5) is 48.5. The van der Waals surface area contributed by atoms with Crippen molar-refractivity contribution in [2.45, 2.75) is 26.8 Å². The number of carbonyl (C=O) groups is 3. The van der Waals surface area contributed by atoms with Gasteiger partial charge in [-0.3, -0.25) is 19.5 Å². The number of benzene rings is 1. The molecule has 0 saturated carbocycles. The normalized spacial score (nSPS) is 17.0. The molecule has 0 radical (unpaired) electrons. The molecule has 3 heterocycles. The molecule has 2 aromatic heterocycles. The van der Waals surface area contributed by atoms with E-state index in [9.17, 15) is 19.5 Å². The van der Waals surface area contributed by atoms with Crippen molar-refractivity contribution in [3.05, 3.63) is 76.1 Å². The molecule has 4 rings (SSSR count). The van der Waals surface area contributed by atoms with Gasteiger partial charge in [-0.25, -0.2) is 9.78 Å². The van der Waals surface area contributed by atoms with Crippen molar-refractivity contribution in [2.24, 2.45) is 5.92 Å². The molecule has 1 amide bonds. The van der Waals surface area contributed by atoms with Crippen LogP contribution in [0.15, 0.2) is 54.4 Å². The largest absolute Gasteiger partial charge is 0.507 e. The molecule has 1 aliphatic heterocycles. The number of aliphatic hydroxyl groups is 1. The quantitative estimate of drug-likeness (QED) is 0.218. The number of carbonyl (C=O) groups excluding carboxylic acids is 3. The number of aromatic nitrogens is 2. The summed E-state index contributed by atoms with van der Waals surface area (Å²) in [6, 6.07) is 9.02. The molecule has 1 atom stereocenters. The van der Waals surface area contributed by atoms with Gasteiger partial charge in [0.05, 0.1) is 31.0 Å². The SMILES string of the molecule is COC(=O)c1sc(N2C(=O)C(=O)/C(=C(/O)c3ccc(OCC(C)C)cc3)[C@@H]2c2cccnc2)nc1C. The van der Waals surface area contributed by atoms with E-state index in [1.165, 1.54) is 18.2 Å². The van der Waals surface area contributed by atoms with Crippen LogP contribution in [0.5, 0.6) is 5.75 Å². The van der Waals surface area contributed by atoms with Crippen LogP contribution in [0.4, 0.5) is 5.13 Å². The smallest absolute Gasteiger partial charge is 0.350 e. The molecule has 1 aromatic carbocycles. The van der Waals surface area contributed by atoms with E-state index in [-0.39, 0.29) is 21.3 Å². The van der Waals surface area contributed by atoms with E-state index >= 15 is 0 Å². The average Bonchev–Trinajstić information content (AvgIpc) is 3.39. The lowest BCUT2D eigenvalue weighted by molar-refractivity contribution is -0.132. The fourth-order valence-electron chi connectivity index (χ4n) is 3.78. The van der Waals surface area contributed by atoms with Crippen LogP contribution in [0, 0.1) is 12.8 Å². The number of Topliss-reactive ketones (excluding diaryl/α,β-unsaturated/α-hetero) is 1. The van der Waals surface area contributed by atoms with Gasteiger partial charge in [0.15, 0.2) is 5.13 Å². The molecule has 10 heteroatoms. The van der Waals surface area contributed by atoms with Crippen molar-refractivity contribution < 1.29 is 29.0 Å². The monoisotopic (exact) mass is 507 g/mol. The number of nitrogens with zero attached hydrogens (tertiary/aromatic N) is 3. The van der Waals surface area contributed by atoms with Crippen molar-refractivity contribution in [3.63, 3.8) is 0 Å². The predicted molar refractivity (Wildman–Crippen MR) is 134 cm³/mol. The number of hydrogen-bond acceptors (Lipinski definition) is 9. The van der Waals surface area contributed by atoms with Gasteiger partial charge in [0.2, 0.25) is 0 Å². The summed E-state index contributed by atoms with van der Waals surface area (Å²) in [6.45, 7) is 6.23. The zero-order valence-electron chi connectivity index (χ0n) is 20.2. The number of thiazole rings is 1. The summed E-state index contributed by atoms with van der Waals surface area (Å²) in [7, 11) is 1.25. The maximum atomic E-state index is 13.2. The minimum absolute atomic E-state index is 0.101. The first-order valence-electron chi connectivity index (χ1n) is 11.2. The van der Waals surface area contributed by atoms with E-state index in [1.54, 1.807) is 49.5 Å². The van der Waals surface area contributed by atoms with Gasteiger partial charge in [-0.2, -0.15) is 0 Å². The number of methoxy groups -OCH3 is 1. The standard InChI is InChI=1S/C26H25N3O6S/c1-14(2)13-35-18-9-7-16(8-10-18)21(30)19-20(17-6-5-11-27-12-17)29(24(32)22(19)31)26-28-15(3)23(36-26)25(33)34-4/h5-12,14,20,30H,13H2,1-4H3/b21-19+/t20-/m0/s1. The van der Waals surface area contributed by atoms with Crippen LogP contribution in [-0.4, -0.2) is 46.5 Å². The molecule has 1 N–H and O–H groups in total. The number of pyridine rings is 1. The zero-order chi connectivity index (χ0) is 26.0. The van der Waals surface area contributed by atoms with Crippen LogP contribution in [0.2, 0.25) is 0 Å². The highest BCUT2D eigenvalue weighted by molar-refractivity contribution is 7.17. The first-order chi connectivity index (χ1) is 17.2. The molecule has 3 aromatic rings. The van der Waals surface area contributed by atoms with Gasteiger partial charge in [-0.1, -0.05) is 31.3 Å². The molecule has 9 nitrogen and oxygen atoms in total. The number of aryl methyl sites for hydroxylation is 1. The third kappa shape index (κ3) is 4.72. The molecule has 36 heavy (non-hydrogen) atoms. The van der Waals surface area contributed by atoms with E-state index in [4.69, 9.17) is 9.47 Å². The lowest BCUT2D eigenvalue weighted by Crippen LogP contribution is -2.29. The lowest BCUT2D eigenvalue weighted by atomic mass is 9.96. The highest BCUT2D eigenvalue weighted by Crippen LogP contribution is 2.43. The number of ketones is 1. The average molecular weight is 508 g/mol. The molecule has 0 bridgehead atoms. The van der Waals surface area contributed by atoms with Crippen molar-refractivity contribution in [3.8, 4) is 5.75 Å². The molecule has 1 fully saturated rings. The Morgan fingerprint density at radius 2 is 1.92 bits per heavy atom. The van der Waals surface area contributed by atoms with E-state index in [1.807, 2.05) is 13.8 Å². The highest BCUT2D eigenvalue weighted by Gasteiger charge is 2.48. The van der Waals surface area contributed by atoms with Crippen LogP contribution in [-0.2, 0) is 14.3 Å². The lowest BCUT2D eigenvalue weighted by Gasteiger charge is -2.22. The van der Waals surface area contributed by atoms with Gasteiger partial charge in [0.1, 0.15) is 16.4 Å². The van der Waals surface area contributed by atoms with Crippen molar-refractivity contribution in [1.29, 1.82) is 0 Å². The Kier molecular flexibility index (Phi) is 7.16. The third-order valence-corrected chi connectivity index (χ3v) is 6.65. The maximum Gasteiger partial charge on any atom is 0.350 e.